The summed E-state index contributed by atoms with van der Waals surface area (Å²) in [5, 5.41) is 4.73. The molecular weight excluding hydrogens is 549 g/mol. The zero-order chi connectivity index (χ0) is 28.0. The number of anilines is 1. The summed E-state index contributed by atoms with van der Waals surface area (Å²) in [7, 11) is 1.63. The van der Waals surface area contributed by atoms with Gasteiger partial charge in [-0.05, 0) is 39.2 Å². The lowest BCUT2D eigenvalue weighted by Crippen LogP contribution is -2.42. The number of aromatic nitrogens is 3. The van der Waals surface area contributed by atoms with Gasteiger partial charge >= 0.3 is 0 Å². The molecule has 5 rings (SSSR count). The predicted octanol–water partition coefficient (Wildman–Crippen LogP) is 3.75. The van der Waals surface area contributed by atoms with Gasteiger partial charge in [0.15, 0.2) is 17.3 Å². The number of fused-ring (bicyclic) bond motifs is 7. The molecule has 2 unspecified atom stereocenters. The fraction of sp³-hybridized carbons (Fsp3) is 0.500. The zero-order valence-electron chi connectivity index (χ0n) is 22.3. The highest BCUT2D eigenvalue weighted by molar-refractivity contribution is 7.86. The first-order valence-electron chi connectivity index (χ1n) is 12.9. The van der Waals surface area contributed by atoms with Crippen LogP contribution in [0.1, 0.15) is 55.2 Å². The van der Waals surface area contributed by atoms with Gasteiger partial charge in [0, 0.05) is 43.6 Å². The Hall–Kier alpha value is -3.12. The summed E-state index contributed by atoms with van der Waals surface area (Å²) in [5.74, 6) is 0.199. The van der Waals surface area contributed by atoms with Gasteiger partial charge in [0.25, 0.3) is 11.5 Å². The molecule has 0 saturated carbocycles. The number of rotatable bonds is 2. The number of benzene rings is 1. The fourth-order valence-corrected chi connectivity index (χ4v) is 6.52. The second kappa shape index (κ2) is 10.8. The Labute approximate surface area is 232 Å². The lowest BCUT2D eigenvalue weighted by Gasteiger charge is -2.33. The smallest absolute Gasteiger partial charge is 0.280 e. The van der Waals surface area contributed by atoms with Crippen molar-refractivity contribution in [3.8, 4) is 11.5 Å². The van der Waals surface area contributed by atoms with E-state index in [0.29, 0.717) is 49.4 Å². The van der Waals surface area contributed by atoms with Crippen LogP contribution in [0.4, 0.5) is 10.2 Å². The molecule has 210 valence electrons. The molecule has 3 aromatic rings. The number of hydrogen-bond acceptors (Lipinski definition) is 6. The van der Waals surface area contributed by atoms with Crippen molar-refractivity contribution in [3.63, 3.8) is 0 Å². The van der Waals surface area contributed by atoms with Crippen LogP contribution < -0.4 is 19.3 Å². The van der Waals surface area contributed by atoms with E-state index in [9.17, 15) is 18.2 Å². The first-order chi connectivity index (χ1) is 18.7. The van der Waals surface area contributed by atoms with Crippen LogP contribution in [0.25, 0.3) is 10.9 Å². The fourth-order valence-electron chi connectivity index (χ4n) is 5.30. The van der Waals surface area contributed by atoms with Gasteiger partial charge < -0.3 is 18.9 Å². The highest BCUT2D eigenvalue weighted by Crippen LogP contribution is 2.41. The summed E-state index contributed by atoms with van der Waals surface area (Å²) in [4.78, 5) is 29.2. The van der Waals surface area contributed by atoms with E-state index in [-0.39, 0.29) is 51.9 Å². The number of likely N-dealkylation sites (N-methyl/N-ethyl adjacent to an activating group) is 1. The van der Waals surface area contributed by atoms with Crippen LogP contribution in [-0.4, -0.2) is 69.0 Å². The topological polar surface area (TPSA) is 98.9 Å². The molecule has 0 N–H and O–H groups in total. The number of carbonyl (C=O) groups excluding carboxylic acids is 1. The number of halogens is 2. The van der Waals surface area contributed by atoms with Gasteiger partial charge in [-0.2, -0.15) is 0 Å². The number of nitrogens with zero attached hydrogens (tertiary/aromatic N) is 5. The third-order valence-corrected chi connectivity index (χ3v) is 9.00. The molecule has 0 fully saturated rings. The number of amides is 1. The Morgan fingerprint density at radius 1 is 1.26 bits per heavy atom. The van der Waals surface area contributed by atoms with Crippen LogP contribution in [0.3, 0.4) is 0 Å². The van der Waals surface area contributed by atoms with Crippen molar-refractivity contribution < 1.29 is 22.9 Å². The SMILES string of the molecule is CCN1CC(C)n2c(c(OC)c3c(=O)n4nc(c32)N(C)S(=O)CCCCCOc2cc(F)c(Cl)cc2C4)C1=O. The quantitative estimate of drug-likeness (QED) is 0.459. The number of hydrogen-bond donors (Lipinski definition) is 0. The van der Waals surface area contributed by atoms with Crippen molar-refractivity contribution in [2.24, 2.45) is 0 Å². The van der Waals surface area contributed by atoms with E-state index in [1.165, 1.54) is 23.9 Å². The monoisotopic (exact) mass is 579 g/mol. The van der Waals surface area contributed by atoms with Crippen molar-refractivity contribution in [3.05, 3.63) is 44.6 Å². The Morgan fingerprint density at radius 3 is 2.74 bits per heavy atom. The molecule has 13 heteroatoms. The van der Waals surface area contributed by atoms with Gasteiger partial charge in [-0.25, -0.2) is 13.3 Å². The molecular formula is C26H31ClFN5O5S. The lowest BCUT2D eigenvalue weighted by molar-refractivity contribution is 0.0685. The maximum atomic E-state index is 14.4. The van der Waals surface area contributed by atoms with Crippen molar-refractivity contribution in [1.29, 1.82) is 0 Å². The molecule has 0 aliphatic carbocycles. The molecule has 0 saturated heterocycles. The van der Waals surface area contributed by atoms with E-state index < -0.39 is 22.4 Å². The average molecular weight is 580 g/mol. The van der Waals surface area contributed by atoms with E-state index in [1.54, 1.807) is 20.8 Å². The van der Waals surface area contributed by atoms with E-state index in [1.807, 2.05) is 13.8 Å². The summed E-state index contributed by atoms with van der Waals surface area (Å²) in [6.45, 7) is 5.04. The Morgan fingerprint density at radius 2 is 2.03 bits per heavy atom. The average Bonchev–Trinajstić information content (AvgIpc) is 3.27. The lowest BCUT2D eigenvalue weighted by atomic mass is 10.2. The summed E-state index contributed by atoms with van der Waals surface area (Å²) >= 11 is 6.10. The predicted molar refractivity (Wildman–Crippen MR) is 148 cm³/mol. The van der Waals surface area contributed by atoms with Crippen molar-refractivity contribution in [2.45, 2.75) is 45.7 Å². The number of carbonyl (C=O) groups is 1. The zero-order valence-corrected chi connectivity index (χ0v) is 23.9. The summed E-state index contributed by atoms with van der Waals surface area (Å²) < 4.78 is 43.9. The molecule has 39 heavy (non-hydrogen) atoms. The molecule has 10 nitrogen and oxygen atoms in total. The normalized spacial score (nSPS) is 20.3. The highest BCUT2D eigenvalue weighted by Gasteiger charge is 2.38. The number of methoxy groups -OCH3 is 1. The maximum Gasteiger partial charge on any atom is 0.280 e. The van der Waals surface area contributed by atoms with Crippen molar-refractivity contribution in [1.82, 2.24) is 19.2 Å². The Bertz CT molecular complexity index is 1540. The standard InChI is InChI=1S/C26H31ClFN5O5S/c1-5-31-13-15(2)33-21-20(23(37-4)22(33)26(31)35)25(34)32-14-16-11-17(27)18(28)12-19(16)38-9-7-6-8-10-39(36)30(3)24(21)29-32/h11-12,15H,5-10,13-14H2,1-4H3. The minimum atomic E-state index is -1.46. The first kappa shape index (κ1) is 27.4. The van der Waals surface area contributed by atoms with Crippen LogP contribution in [0.15, 0.2) is 16.9 Å². The molecule has 0 radical (unpaired) electrons. The maximum absolute atomic E-state index is 14.4. The van der Waals surface area contributed by atoms with Gasteiger partial charge in [0.1, 0.15) is 33.5 Å². The minimum absolute atomic E-state index is 0.0914. The highest BCUT2D eigenvalue weighted by atomic mass is 35.5. The third-order valence-electron chi connectivity index (χ3n) is 7.29. The second-order valence-electron chi connectivity index (χ2n) is 9.76. The van der Waals surface area contributed by atoms with Gasteiger partial charge in [-0.1, -0.05) is 11.6 Å². The minimum Gasteiger partial charge on any atom is -0.493 e. The molecule has 1 amide bonds. The van der Waals surface area contributed by atoms with Crippen LogP contribution >= 0.6 is 11.6 Å². The molecule has 2 aromatic heterocycles. The largest absolute Gasteiger partial charge is 0.493 e. The van der Waals surface area contributed by atoms with Crippen molar-refractivity contribution in [2.75, 3.05) is 43.9 Å². The van der Waals surface area contributed by atoms with Gasteiger partial charge in [0.05, 0.1) is 25.3 Å². The van der Waals surface area contributed by atoms with E-state index in [0.717, 1.165) is 6.42 Å². The van der Waals surface area contributed by atoms with Gasteiger partial charge in [-0.3, -0.25) is 13.9 Å². The van der Waals surface area contributed by atoms with Crippen LogP contribution in [0, 0.1) is 5.82 Å². The molecule has 0 spiro atoms. The summed E-state index contributed by atoms with van der Waals surface area (Å²) in [6.07, 6.45) is 2.12. The molecule has 2 atom stereocenters. The van der Waals surface area contributed by atoms with Crippen LogP contribution in [-0.2, 0) is 17.5 Å². The molecule has 2 aliphatic rings. The first-order valence-corrected chi connectivity index (χ1v) is 14.6. The molecule has 2 bridgehead atoms. The number of ether oxygens (including phenoxy) is 2. The molecule has 4 heterocycles. The van der Waals surface area contributed by atoms with Gasteiger partial charge in [0.2, 0.25) is 0 Å². The van der Waals surface area contributed by atoms with Crippen LogP contribution in [0.2, 0.25) is 5.02 Å². The summed E-state index contributed by atoms with van der Waals surface area (Å²) in [6, 6.07) is 2.44. The molecule has 2 aliphatic heterocycles. The van der Waals surface area contributed by atoms with Crippen LogP contribution in [0.5, 0.6) is 11.5 Å². The van der Waals surface area contributed by atoms with E-state index >= 15 is 0 Å². The van der Waals surface area contributed by atoms with E-state index in [4.69, 9.17) is 21.1 Å². The Kier molecular flexibility index (Phi) is 7.60. The third kappa shape index (κ3) is 4.67. The van der Waals surface area contributed by atoms with E-state index in [2.05, 4.69) is 5.10 Å². The summed E-state index contributed by atoms with van der Waals surface area (Å²) in [5.41, 5.74) is 0.619. The van der Waals surface area contributed by atoms with Gasteiger partial charge in [-0.15, -0.1) is 5.10 Å². The second-order valence-corrected chi connectivity index (χ2v) is 11.8. The molecule has 1 aromatic carbocycles. The van der Waals surface area contributed by atoms with Crippen molar-refractivity contribution >= 4 is 45.2 Å². The Balaban J connectivity index is 1.83.